The fourth-order valence-corrected chi connectivity index (χ4v) is 2.05. The molecular weight excluding hydrogens is 204 g/mol. The predicted molar refractivity (Wildman–Crippen MR) is 59.5 cm³/mol. The third-order valence-electron chi connectivity index (χ3n) is 1.74. The van der Waals surface area contributed by atoms with Crippen LogP contribution in [0, 0.1) is 0 Å². The largest absolute Gasteiger partial charge is 0.337 e. The Bertz CT molecular complexity index is 213. The van der Waals surface area contributed by atoms with Crippen molar-refractivity contribution < 1.29 is 0 Å². The Morgan fingerprint density at radius 1 is 1.62 bits per heavy atom. The van der Waals surface area contributed by atoms with Crippen LogP contribution in [0.3, 0.4) is 0 Å². The van der Waals surface area contributed by atoms with Crippen molar-refractivity contribution in [1.82, 2.24) is 9.55 Å². The molecule has 0 saturated carbocycles. The lowest BCUT2D eigenvalue weighted by Crippen LogP contribution is -2.01. The Labute approximate surface area is 88.7 Å². The van der Waals surface area contributed by atoms with Crippen molar-refractivity contribution in [2.24, 2.45) is 0 Å². The van der Waals surface area contributed by atoms with E-state index in [9.17, 15) is 0 Å². The lowest BCUT2D eigenvalue weighted by Gasteiger charge is -2.06. The van der Waals surface area contributed by atoms with Crippen LogP contribution in [0.25, 0.3) is 0 Å². The Morgan fingerprint density at radius 2 is 2.46 bits per heavy atom. The molecule has 0 amide bonds. The molecule has 0 saturated heterocycles. The summed E-state index contributed by atoms with van der Waals surface area (Å²) < 4.78 is 2.10. The number of rotatable bonds is 6. The van der Waals surface area contributed by atoms with E-state index >= 15 is 0 Å². The number of aromatic nitrogens is 2. The lowest BCUT2D eigenvalue weighted by atomic mass is 10.5. The van der Waals surface area contributed by atoms with Crippen LogP contribution in [0.2, 0.25) is 0 Å². The van der Waals surface area contributed by atoms with Gasteiger partial charge in [-0.05, 0) is 12.2 Å². The monoisotopic (exact) mass is 218 g/mol. The molecule has 0 bridgehead atoms. The van der Waals surface area contributed by atoms with E-state index in [0.29, 0.717) is 5.25 Å². The number of aryl methyl sites for hydroxylation is 1. The van der Waals surface area contributed by atoms with E-state index < -0.39 is 0 Å². The average Bonchev–Trinajstić information content (AvgIpc) is 2.64. The number of hydrogen-bond donors (Lipinski definition) is 0. The van der Waals surface area contributed by atoms with Gasteiger partial charge < -0.3 is 4.57 Å². The summed E-state index contributed by atoms with van der Waals surface area (Å²) in [5.41, 5.74) is 0. The molecule has 0 aliphatic heterocycles. The summed E-state index contributed by atoms with van der Waals surface area (Å²) >= 11 is 7.63. The molecule has 1 heterocycles. The normalized spacial score (nSPS) is 13.1. The molecule has 0 fully saturated rings. The number of alkyl halides is 1. The first kappa shape index (κ1) is 10.9. The summed E-state index contributed by atoms with van der Waals surface area (Å²) in [5.74, 6) is 1.92. The van der Waals surface area contributed by atoms with Gasteiger partial charge in [0, 0.05) is 30.1 Å². The highest BCUT2D eigenvalue weighted by Crippen LogP contribution is 2.13. The van der Waals surface area contributed by atoms with Crippen LogP contribution in [0.15, 0.2) is 18.7 Å². The first-order valence-corrected chi connectivity index (χ1v) is 6.04. The van der Waals surface area contributed by atoms with E-state index in [1.54, 1.807) is 0 Å². The molecular formula is C9H15ClN2S. The molecule has 13 heavy (non-hydrogen) atoms. The second kappa shape index (κ2) is 6.33. The zero-order valence-corrected chi connectivity index (χ0v) is 9.39. The van der Waals surface area contributed by atoms with E-state index in [4.69, 9.17) is 11.6 Å². The maximum Gasteiger partial charge on any atom is 0.0945 e. The van der Waals surface area contributed by atoms with Crippen LogP contribution < -0.4 is 0 Å². The lowest BCUT2D eigenvalue weighted by molar-refractivity contribution is 0.683. The van der Waals surface area contributed by atoms with Crippen LogP contribution >= 0.6 is 23.4 Å². The summed E-state index contributed by atoms with van der Waals surface area (Å²) in [7, 11) is 0. The molecule has 0 aromatic carbocycles. The van der Waals surface area contributed by atoms with Crippen molar-refractivity contribution in [1.29, 1.82) is 0 Å². The molecule has 0 aliphatic rings. The molecule has 1 unspecified atom stereocenters. The average molecular weight is 219 g/mol. The number of hydrogen-bond acceptors (Lipinski definition) is 2. The number of nitrogens with zero attached hydrogens (tertiary/aromatic N) is 2. The minimum absolute atomic E-state index is 0.574. The summed E-state index contributed by atoms with van der Waals surface area (Å²) in [6.07, 6.45) is 6.85. The minimum atomic E-state index is 0.574. The van der Waals surface area contributed by atoms with Gasteiger partial charge in [-0.1, -0.05) is 6.92 Å². The molecule has 1 aromatic rings. The van der Waals surface area contributed by atoms with Gasteiger partial charge in [-0.2, -0.15) is 11.8 Å². The van der Waals surface area contributed by atoms with Gasteiger partial charge in [-0.3, -0.25) is 0 Å². The Kier molecular flexibility index (Phi) is 5.32. The molecule has 1 rings (SSSR count). The fourth-order valence-electron chi connectivity index (χ4n) is 0.995. The standard InChI is InChI=1S/C9H15ClN2S/c1-9(7-10)13-6-2-4-12-5-3-11-8-12/h3,5,8-9H,2,4,6-7H2,1H3. The highest BCUT2D eigenvalue weighted by atomic mass is 35.5. The molecule has 1 aromatic heterocycles. The zero-order chi connectivity index (χ0) is 9.52. The predicted octanol–water partition coefficient (Wildman–Crippen LogP) is 2.63. The number of halogens is 1. The van der Waals surface area contributed by atoms with Crippen LogP contribution in [0.4, 0.5) is 0 Å². The molecule has 0 radical (unpaired) electrons. The molecule has 1 atom stereocenters. The maximum absolute atomic E-state index is 5.69. The van der Waals surface area contributed by atoms with Crippen molar-refractivity contribution in [2.75, 3.05) is 11.6 Å². The molecule has 0 N–H and O–H groups in total. The van der Waals surface area contributed by atoms with E-state index in [-0.39, 0.29) is 0 Å². The number of imidazole rings is 1. The third-order valence-corrected chi connectivity index (χ3v) is 3.65. The van der Waals surface area contributed by atoms with Gasteiger partial charge in [0.05, 0.1) is 6.33 Å². The molecule has 2 nitrogen and oxygen atoms in total. The van der Waals surface area contributed by atoms with Gasteiger partial charge in [0.25, 0.3) is 0 Å². The summed E-state index contributed by atoms with van der Waals surface area (Å²) in [6, 6.07) is 0. The topological polar surface area (TPSA) is 17.8 Å². The highest BCUT2D eigenvalue weighted by molar-refractivity contribution is 7.99. The van der Waals surface area contributed by atoms with Crippen molar-refractivity contribution in [2.45, 2.75) is 25.1 Å². The summed E-state index contributed by atoms with van der Waals surface area (Å²) in [4.78, 5) is 3.99. The first-order valence-electron chi connectivity index (χ1n) is 4.46. The van der Waals surface area contributed by atoms with Crippen LogP contribution in [-0.2, 0) is 6.54 Å². The molecule has 0 spiro atoms. The van der Waals surface area contributed by atoms with Crippen LogP contribution in [0.5, 0.6) is 0 Å². The summed E-state index contributed by atoms with van der Waals surface area (Å²) in [6.45, 7) is 3.22. The Balaban J connectivity index is 2.02. The summed E-state index contributed by atoms with van der Waals surface area (Å²) in [5, 5.41) is 0.574. The van der Waals surface area contributed by atoms with Gasteiger partial charge >= 0.3 is 0 Å². The van der Waals surface area contributed by atoms with E-state index in [2.05, 4.69) is 16.5 Å². The van der Waals surface area contributed by atoms with E-state index in [1.165, 1.54) is 12.2 Å². The van der Waals surface area contributed by atoms with Gasteiger partial charge in [0.1, 0.15) is 0 Å². The van der Waals surface area contributed by atoms with Gasteiger partial charge in [-0.15, -0.1) is 11.6 Å². The van der Waals surface area contributed by atoms with Crippen LogP contribution in [-0.4, -0.2) is 26.4 Å². The van der Waals surface area contributed by atoms with Gasteiger partial charge in [-0.25, -0.2) is 4.98 Å². The van der Waals surface area contributed by atoms with Gasteiger partial charge in [0.15, 0.2) is 0 Å². The van der Waals surface area contributed by atoms with Crippen molar-refractivity contribution in [3.8, 4) is 0 Å². The minimum Gasteiger partial charge on any atom is -0.337 e. The Morgan fingerprint density at radius 3 is 3.08 bits per heavy atom. The van der Waals surface area contributed by atoms with Crippen LogP contribution in [0.1, 0.15) is 13.3 Å². The molecule has 0 aliphatic carbocycles. The second-order valence-corrected chi connectivity index (χ2v) is 4.84. The second-order valence-electron chi connectivity index (χ2n) is 2.99. The fraction of sp³-hybridized carbons (Fsp3) is 0.667. The molecule has 4 heteroatoms. The van der Waals surface area contributed by atoms with Crippen molar-refractivity contribution in [3.05, 3.63) is 18.7 Å². The molecule has 74 valence electrons. The quantitative estimate of drug-likeness (QED) is 0.540. The smallest absolute Gasteiger partial charge is 0.0945 e. The van der Waals surface area contributed by atoms with E-state index in [1.807, 2.05) is 30.5 Å². The number of thioether (sulfide) groups is 1. The first-order chi connectivity index (χ1) is 6.33. The Hall–Kier alpha value is -0.150. The maximum atomic E-state index is 5.69. The van der Waals surface area contributed by atoms with Crippen molar-refractivity contribution >= 4 is 23.4 Å². The third kappa shape index (κ3) is 4.58. The van der Waals surface area contributed by atoms with E-state index in [0.717, 1.165) is 12.4 Å². The van der Waals surface area contributed by atoms with Gasteiger partial charge in [0.2, 0.25) is 0 Å². The SMILES string of the molecule is CC(CCl)SCCCn1ccnc1. The van der Waals surface area contributed by atoms with Crippen molar-refractivity contribution in [3.63, 3.8) is 0 Å². The zero-order valence-electron chi connectivity index (χ0n) is 7.82. The highest BCUT2D eigenvalue weighted by Gasteiger charge is 1.99.